The first-order valence-electron chi connectivity index (χ1n) is 8.45. The van der Waals surface area contributed by atoms with Crippen molar-refractivity contribution in [3.63, 3.8) is 0 Å². The standard InChI is InChI=1S/C16H19FN6O3/c1-10-14(23-6-3-13-18-4-7-22(13)23)19-9-20-15(10)26-12-2-5-21(16(24)25)8-11(12)17/h4,7,9,11-12H,2-3,5-6,8H2,1H3,(H,24,25). The van der Waals surface area contributed by atoms with Crippen molar-refractivity contribution in [1.29, 1.82) is 0 Å². The summed E-state index contributed by atoms with van der Waals surface area (Å²) in [6.45, 7) is 2.62. The van der Waals surface area contributed by atoms with Crippen LogP contribution < -0.4 is 9.75 Å². The van der Waals surface area contributed by atoms with Crippen molar-refractivity contribution in [2.75, 3.05) is 24.6 Å². The highest BCUT2D eigenvalue weighted by molar-refractivity contribution is 5.65. The molecule has 2 aromatic rings. The van der Waals surface area contributed by atoms with E-state index in [4.69, 9.17) is 9.84 Å². The molecule has 2 aliphatic rings. The number of nitrogens with zero attached hydrogens (tertiary/aromatic N) is 6. The van der Waals surface area contributed by atoms with Crippen LogP contribution in [0.25, 0.3) is 0 Å². The highest BCUT2D eigenvalue weighted by atomic mass is 19.1. The number of carbonyl (C=O) groups is 1. The molecule has 0 aromatic carbocycles. The number of imidazole rings is 1. The fourth-order valence-electron chi connectivity index (χ4n) is 3.39. The lowest BCUT2D eigenvalue weighted by Crippen LogP contribution is -2.49. The van der Waals surface area contributed by atoms with Crippen LogP contribution in [0.1, 0.15) is 17.8 Å². The average molecular weight is 362 g/mol. The number of piperidine rings is 1. The molecule has 0 radical (unpaired) electrons. The zero-order valence-corrected chi connectivity index (χ0v) is 14.2. The summed E-state index contributed by atoms with van der Waals surface area (Å²) in [5.41, 5.74) is 0.710. The van der Waals surface area contributed by atoms with E-state index in [1.807, 2.05) is 22.8 Å². The summed E-state index contributed by atoms with van der Waals surface area (Å²) in [6.07, 6.45) is 2.85. The van der Waals surface area contributed by atoms with Crippen molar-refractivity contribution in [1.82, 2.24) is 24.5 Å². The molecule has 26 heavy (non-hydrogen) atoms. The molecule has 2 aromatic heterocycles. The Morgan fingerprint density at radius 1 is 1.35 bits per heavy atom. The molecule has 4 rings (SSSR count). The summed E-state index contributed by atoms with van der Waals surface area (Å²) in [5, 5.41) is 11.0. The maximum absolute atomic E-state index is 14.3. The number of amides is 1. The second-order valence-corrected chi connectivity index (χ2v) is 6.38. The first-order chi connectivity index (χ1) is 12.5. The summed E-state index contributed by atoms with van der Waals surface area (Å²) in [7, 11) is 0. The van der Waals surface area contributed by atoms with E-state index in [1.54, 1.807) is 6.20 Å². The number of anilines is 1. The van der Waals surface area contributed by atoms with Crippen LogP contribution in [0, 0.1) is 6.92 Å². The van der Waals surface area contributed by atoms with E-state index in [2.05, 4.69) is 15.0 Å². The third-order valence-corrected chi connectivity index (χ3v) is 4.77. The highest BCUT2D eigenvalue weighted by Crippen LogP contribution is 2.29. The van der Waals surface area contributed by atoms with Gasteiger partial charge in [0.05, 0.1) is 12.1 Å². The zero-order valence-electron chi connectivity index (χ0n) is 14.2. The lowest BCUT2D eigenvalue weighted by molar-refractivity contribution is 0.0222. The lowest BCUT2D eigenvalue weighted by atomic mass is 10.1. The minimum atomic E-state index is -1.40. The maximum atomic E-state index is 14.3. The Labute approximate surface area is 149 Å². The number of rotatable bonds is 3. The second-order valence-electron chi connectivity index (χ2n) is 6.38. The molecule has 138 valence electrons. The van der Waals surface area contributed by atoms with Crippen LogP contribution in [0.4, 0.5) is 15.0 Å². The normalized spacial score (nSPS) is 22.4. The predicted molar refractivity (Wildman–Crippen MR) is 89.0 cm³/mol. The fraction of sp³-hybridized carbons (Fsp3) is 0.500. The second kappa shape index (κ2) is 6.43. The Morgan fingerprint density at radius 3 is 2.96 bits per heavy atom. The molecule has 9 nitrogen and oxygen atoms in total. The Morgan fingerprint density at radius 2 is 2.19 bits per heavy atom. The van der Waals surface area contributed by atoms with Crippen LogP contribution >= 0.6 is 0 Å². The number of hydrogen-bond donors (Lipinski definition) is 1. The van der Waals surface area contributed by atoms with Gasteiger partial charge in [-0.05, 0) is 6.92 Å². The molecule has 0 spiro atoms. The average Bonchev–Trinajstić information content (AvgIpc) is 3.22. The molecule has 1 amide bonds. The van der Waals surface area contributed by atoms with Gasteiger partial charge >= 0.3 is 6.09 Å². The van der Waals surface area contributed by atoms with Gasteiger partial charge in [-0.15, -0.1) is 0 Å². The summed E-state index contributed by atoms with van der Waals surface area (Å²) in [6, 6.07) is 0. The topological polar surface area (TPSA) is 96.6 Å². The first kappa shape index (κ1) is 16.6. The minimum Gasteiger partial charge on any atom is -0.471 e. The van der Waals surface area contributed by atoms with Gasteiger partial charge in [0.15, 0.2) is 12.0 Å². The third kappa shape index (κ3) is 2.80. The van der Waals surface area contributed by atoms with Gasteiger partial charge in [0, 0.05) is 38.3 Å². The SMILES string of the molecule is Cc1c(OC2CCN(C(=O)O)CC2F)ncnc1N1CCc2nccn21. The Balaban J connectivity index is 1.53. The number of fused-ring (bicyclic) bond motifs is 1. The van der Waals surface area contributed by atoms with Crippen molar-refractivity contribution in [3.8, 4) is 5.88 Å². The van der Waals surface area contributed by atoms with Crippen LogP contribution in [0.5, 0.6) is 5.88 Å². The third-order valence-electron chi connectivity index (χ3n) is 4.77. The van der Waals surface area contributed by atoms with Gasteiger partial charge in [0.2, 0.25) is 5.88 Å². The Kier molecular flexibility index (Phi) is 4.09. The Hall–Kier alpha value is -2.91. The number of likely N-dealkylation sites (tertiary alicyclic amines) is 1. The van der Waals surface area contributed by atoms with Crippen molar-refractivity contribution in [2.24, 2.45) is 0 Å². The van der Waals surface area contributed by atoms with Crippen molar-refractivity contribution in [2.45, 2.75) is 32.0 Å². The maximum Gasteiger partial charge on any atom is 0.407 e. The van der Waals surface area contributed by atoms with Gasteiger partial charge in [-0.3, -0.25) is 5.01 Å². The molecule has 0 saturated carbocycles. The molecule has 0 bridgehead atoms. The van der Waals surface area contributed by atoms with Crippen LogP contribution in [0.15, 0.2) is 18.7 Å². The summed E-state index contributed by atoms with van der Waals surface area (Å²) in [4.78, 5) is 24.8. The van der Waals surface area contributed by atoms with E-state index in [1.165, 1.54) is 6.33 Å². The minimum absolute atomic E-state index is 0.193. The van der Waals surface area contributed by atoms with E-state index in [0.717, 1.165) is 23.7 Å². The highest BCUT2D eigenvalue weighted by Gasteiger charge is 2.34. The number of hydrogen-bond acceptors (Lipinski definition) is 6. The number of halogens is 1. The molecular weight excluding hydrogens is 343 g/mol. The largest absolute Gasteiger partial charge is 0.471 e. The smallest absolute Gasteiger partial charge is 0.407 e. The fourth-order valence-corrected chi connectivity index (χ4v) is 3.39. The molecular formula is C16H19FN6O3. The molecule has 0 aliphatic carbocycles. The van der Waals surface area contributed by atoms with Crippen LogP contribution in [0.2, 0.25) is 0 Å². The van der Waals surface area contributed by atoms with Gasteiger partial charge in [0.25, 0.3) is 0 Å². The van der Waals surface area contributed by atoms with Gasteiger partial charge < -0.3 is 14.7 Å². The van der Waals surface area contributed by atoms with Crippen LogP contribution in [0.3, 0.4) is 0 Å². The molecule has 1 saturated heterocycles. The van der Waals surface area contributed by atoms with Crippen LogP contribution in [-0.4, -0.2) is 67.6 Å². The summed E-state index contributed by atoms with van der Waals surface area (Å²) >= 11 is 0. The number of ether oxygens (including phenoxy) is 1. The molecule has 4 heterocycles. The van der Waals surface area contributed by atoms with Crippen molar-refractivity contribution < 1.29 is 19.0 Å². The molecule has 2 unspecified atom stereocenters. The van der Waals surface area contributed by atoms with Crippen molar-refractivity contribution >= 4 is 11.9 Å². The van der Waals surface area contributed by atoms with Gasteiger partial charge in [0.1, 0.15) is 18.3 Å². The van der Waals surface area contributed by atoms with Crippen molar-refractivity contribution in [3.05, 3.63) is 30.1 Å². The van der Waals surface area contributed by atoms with E-state index in [-0.39, 0.29) is 19.5 Å². The monoisotopic (exact) mass is 362 g/mol. The molecule has 10 heteroatoms. The van der Waals surface area contributed by atoms with E-state index >= 15 is 0 Å². The van der Waals surface area contributed by atoms with E-state index < -0.39 is 18.4 Å². The van der Waals surface area contributed by atoms with Gasteiger partial charge in [-0.1, -0.05) is 0 Å². The zero-order chi connectivity index (χ0) is 18.3. The number of aromatic nitrogens is 4. The molecule has 1 fully saturated rings. The quantitative estimate of drug-likeness (QED) is 0.878. The molecule has 1 N–H and O–H groups in total. The first-order valence-corrected chi connectivity index (χ1v) is 8.45. The molecule has 2 atom stereocenters. The summed E-state index contributed by atoms with van der Waals surface area (Å²) in [5.74, 6) is 1.96. The van der Waals surface area contributed by atoms with Gasteiger partial charge in [-0.2, -0.15) is 0 Å². The predicted octanol–water partition coefficient (Wildman–Crippen LogP) is 1.28. The number of carboxylic acid groups (broad SMARTS) is 1. The summed E-state index contributed by atoms with van der Waals surface area (Å²) < 4.78 is 22.1. The van der Waals surface area contributed by atoms with E-state index in [9.17, 15) is 9.18 Å². The number of alkyl halides is 1. The molecule has 2 aliphatic heterocycles. The lowest BCUT2D eigenvalue weighted by Gasteiger charge is -2.33. The van der Waals surface area contributed by atoms with Gasteiger partial charge in [-0.25, -0.2) is 28.8 Å². The Bertz CT molecular complexity index is 828. The van der Waals surface area contributed by atoms with E-state index in [0.29, 0.717) is 17.3 Å². The van der Waals surface area contributed by atoms with Crippen LogP contribution in [-0.2, 0) is 6.42 Å².